The van der Waals surface area contributed by atoms with E-state index in [2.05, 4.69) is 66.6 Å². The maximum absolute atomic E-state index is 4.52. The lowest BCUT2D eigenvalue weighted by molar-refractivity contribution is 0.633. The standard InChI is InChI=1S/C14H19N3S/c1-10-6-5-7-11(8-10)9-12-15-13(18-17-12)16-14(2,3)4/h5-8H,9H2,1-4H3,(H,15,16,17). The fraction of sp³-hybridized carbons (Fsp3) is 0.429. The van der Waals surface area contributed by atoms with Gasteiger partial charge in [0, 0.05) is 23.5 Å². The molecular weight excluding hydrogens is 242 g/mol. The highest BCUT2D eigenvalue weighted by molar-refractivity contribution is 7.09. The molecule has 96 valence electrons. The van der Waals surface area contributed by atoms with Crippen molar-refractivity contribution in [2.45, 2.75) is 39.7 Å². The molecule has 0 bridgehead atoms. The largest absolute Gasteiger partial charge is 0.356 e. The van der Waals surface area contributed by atoms with Gasteiger partial charge < -0.3 is 5.32 Å². The first kappa shape index (κ1) is 13.0. The molecule has 3 nitrogen and oxygen atoms in total. The summed E-state index contributed by atoms with van der Waals surface area (Å²) in [7, 11) is 0. The lowest BCUT2D eigenvalue weighted by Crippen LogP contribution is -2.25. The van der Waals surface area contributed by atoms with Gasteiger partial charge in [-0.05, 0) is 33.3 Å². The van der Waals surface area contributed by atoms with Gasteiger partial charge in [0.15, 0.2) is 0 Å². The van der Waals surface area contributed by atoms with Crippen molar-refractivity contribution in [1.82, 2.24) is 9.36 Å². The van der Waals surface area contributed by atoms with Gasteiger partial charge in [0.1, 0.15) is 5.82 Å². The van der Waals surface area contributed by atoms with E-state index < -0.39 is 0 Å². The highest BCUT2D eigenvalue weighted by atomic mass is 32.1. The molecule has 2 aromatic rings. The van der Waals surface area contributed by atoms with Crippen molar-refractivity contribution in [2.24, 2.45) is 0 Å². The van der Waals surface area contributed by atoms with Crippen LogP contribution in [0.25, 0.3) is 0 Å². The summed E-state index contributed by atoms with van der Waals surface area (Å²) in [6, 6.07) is 8.47. The molecule has 0 fully saturated rings. The summed E-state index contributed by atoms with van der Waals surface area (Å²) >= 11 is 1.43. The number of anilines is 1. The van der Waals surface area contributed by atoms with Crippen LogP contribution in [0.1, 0.15) is 37.7 Å². The normalized spacial score (nSPS) is 11.6. The molecule has 0 aliphatic rings. The van der Waals surface area contributed by atoms with Gasteiger partial charge in [-0.25, -0.2) is 4.98 Å². The van der Waals surface area contributed by atoms with E-state index in [0.29, 0.717) is 0 Å². The van der Waals surface area contributed by atoms with E-state index in [1.165, 1.54) is 22.7 Å². The summed E-state index contributed by atoms with van der Waals surface area (Å²) in [6.07, 6.45) is 0.796. The average molecular weight is 261 g/mol. The van der Waals surface area contributed by atoms with Crippen molar-refractivity contribution in [3.05, 3.63) is 41.2 Å². The molecule has 0 aliphatic carbocycles. The minimum absolute atomic E-state index is 0.0279. The molecule has 0 aliphatic heterocycles. The van der Waals surface area contributed by atoms with E-state index in [4.69, 9.17) is 0 Å². The lowest BCUT2D eigenvalue weighted by Gasteiger charge is -2.18. The van der Waals surface area contributed by atoms with Gasteiger partial charge >= 0.3 is 0 Å². The second-order valence-electron chi connectivity index (χ2n) is 5.56. The zero-order chi connectivity index (χ0) is 13.2. The van der Waals surface area contributed by atoms with Crippen molar-refractivity contribution in [1.29, 1.82) is 0 Å². The SMILES string of the molecule is Cc1cccc(Cc2nsc(NC(C)(C)C)n2)c1. The number of benzene rings is 1. The molecule has 1 N–H and O–H groups in total. The second-order valence-corrected chi connectivity index (χ2v) is 6.31. The molecule has 4 heteroatoms. The van der Waals surface area contributed by atoms with Crippen molar-refractivity contribution in [2.75, 3.05) is 5.32 Å². The number of aryl methyl sites for hydroxylation is 1. The van der Waals surface area contributed by atoms with Gasteiger partial charge in [-0.2, -0.15) is 4.37 Å². The minimum atomic E-state index is 0.0279. The van der Waals surface area contributed by atoms with Gasteiger partial charge in [0.05, 0.1) is 0 Å². The Hall–Kier alpha value is -1.42. The molecule has 0 radical (unpaired) electrons. The van der Waals surface area contributed by atoms with E-state index >= 15 is 0 Å². The van der Waals surface area contributed by atoms with Crippen molar-refractivity contribution >= 4 is 16.7 Å². The number of hydrogen-bond acceptors (Lipinski definition) is 4. The minimum Gasteiger partial charge on any atom is -0.356 e. The second kappa shape index (κ2) is 5.06. The maximum atomic E-state index is 4.52. The average Bonchev–Trinajstić information content (AvgIpc) is 2.62. The molecule has 2 rings (SSSR count). The number of nitrogens with one attached hydrogen (secondary N) is 1. The van der Waals surface area contributed by atoms with E-state index in [-0.39, 0.29) is 5.54 Å². The van der Waals surface area contributed by atoms with Crippen molar-refractivity contribution in [3.8, 4) is 0 Å². The van der Waals surface area contributed by atoms with Crippen LogP contribution in [0.3, 0.4) is 0 Å². The highest BCUT2D eigenvalue weighted by Crippen LogP contribution is 2.18. The summed E-state index contributed by atoms with van der Waals surface area (Å²) < 4.78 is 4.39. The summed E-state index contributed by atoms with van der Waals surface area (Å²) in [5.74, 6) is 0.886. The Balaban J connectivity index is 2.07. The Kier molecular flexibility index (Phi) is 3.66. The Labute approximate surface area is 112 Å². The van der Waals surface area contributed by atoms with Gasteiger partial charge in [-0.15, -0.1) is 0 Å². The number of aromatic nitrogens is 2. The summed E-state index contributed by atoms with van der Waals surface area (Å²) in [6.45, 7) is 8.46. The van der Waals surface area contributed by atoms with Crippen LogP contribution in [-0.4, -0.2) is 14.9 Å². The Morgan fingerprint density at radius 3 is 2.72 bits per heavy atom. The fourth-order valence-corrected chi connectivity index (χ4v) is 2.50. The van der Waals surface area contributed by atoms with Gasteiger partial charge in [0.2, 0.25) is 5.13 Å². The molecule has 0 saturated heterocycles. The van der Waals surface area contributed by atoms with Gasteiger partial charge in [-0.3, -0.25) is 0 Å². The Morgan fingerprint density at radius 1 is 1.28 bits per heavy atom. The third kappa shape index (κ3) is 3.81. The van der Waals surface area contributed by atoms with Crippen molar-refractivity contribution in [3.63, 3.8) is 0 Å². The molecule has 1 aromatic heterocycles. The van der Waals surface area contributed by atoms with E-state index in [9.17, 15) is 0 Å². The predicted octanol–water partition coefficient (Wildman–Crippen LogP) is 3.65. The quantitative estimate of drug-likeness (QED) is 0.916. The molecular formula is C14H19N3S. The van der Waals surface area contributed by atoms with Gasteiger partial charge in [-0.1, -0.05) is 29.8 Å². The number of nitrogens with zero attached hydrogens (tertiary/aromatic N) is 2. The zero-order valence-electron chi connectivity index (χ0n) is 11.3. The van der Waals surface area contributed by atoms with Crippen LogP contribution in [0.15, 0.2) is 24.3 Å². The molecule has 0 atom stereocenters. The molecule has 0 unspecified atom stereocenters. The number of hydrogen-bond donors (Lipinski definition) is 1. The smallest absolute Gasteiger partial charge is 0.202 e. The Bertz CT molecular complexity index is 526. The summed E-state index contributed by atoms with van der Waals surface area (Å²) in [5, 5.41) is 4.24. The number of rotatable bonds is 3. The van der Waals surface area contributed by atoms with E-state index in [1.807, 2.05) is 0 Å². The van der Waals surface area contributed by atoms with Crippen LogP contribution in [-0.2, 0) is 6.42 Å². The summed E-state index contributed by atoms with van der Waals surface area (Å²) in [4.78, 5) is 4.52. The lowest BCUT2D eigenvalue weighted by atomic mass is 10.1. The Morgan fingerprint density at radius 2 is 2.06 bits per heavy atom. The van der Waals surface area contributed by atoms with Crippen LogP contribution in [0.4, 0.5) is 5.13 Å². The highest BCUT2D eigenvalue weighted by Gasteiger charge is 2.13. The molecule has 0 saturated carbocycles. The first-order valence-electron chi connectivity index (χ1n) is 6.09. The summed E-state index contributed by atoms with van der Waals surface area (Å²) in [5.41, 5.74) is 2.56. The predicted molar refractivity (Wildman–Crippen MR) is 77.3 cm³/mol. The molecule has 0 amide bonds. The third-order valence-electron chi connectivity index (χ3n) is 2.39. The fourth-order valence-electron chi connectivity index (χ4n) is 1.70. The first-order valence-corrected chi connectivity index (χ1v) is 6.86. The van der Waals surface area contributed by atoms with Crippen LogP contribution in [0.5, 0.6) is 0 Å². The molecule has 18 heavy (non-hydrogen) atoms. The van der Waals surface area contributed by atoms with Crippen molar-refractivity contribution < 1.29 is 0 Å². The maximum Gasteiger partial charge on any atom is 0.202 e. The zero-order valence-corrected chi connectivity index (χ0v) is 12.1. The van der Waals surface area contributed by atoms with Crippen LogP contribution in [0, 0.1) is 6.92 Å². The molecule has 0 spiro atoms. The topological polar surface area (TPSA) is 37.8 Å². The first-order chi connectivity index (χ1) is 8.42. The molecule has 1 aromatic carbocycles. The van der Waals surface area contributed by atoms with Gasteiger partial charge in [0.25, 0.3) is 0 Å². The molecule has 1 heterocycles. The van der Waals surface area contributed by atoms with E-state index in [0.717, 1.165) is 17.4 Å². The monoisotopic (exact) mass is 261 g/mol. The van der Waals surface area contributed by atoms with Crippen LogP contribution < -0.4 is 5.32 Å². The third-order valence-corrected chi connectivity index (χ3v) is 3.06. The van der Waals surface area contributed by atoms with Crippen LogP contribution >= 0.6 is 11.5 Å². The van der Waals surface area contributed by atoms with Crippen LogP contribution in [0.2, 0.25) is 0 Å². The van der Waals surface area contributed by atoms with E-state index in [1.54, 1.807) is 0 Å².